The Balaban J connectivity index is 2.00. The number of para-hydroxylation sites is 1. The Bertz CT molecular complexity index is 1000. The molecule has 0 aliphatic heterocycles. The van der Waals surface area contributed by atoms with Gasteiger partial charge in [-0.3, -0.25) is 0 Å². The van der Waals surface area contributed by atoms with Gasteiger partial charge in [-0.25, -0.2) is 0 Å². The second-order valence-corrected chi connectivity index (χ2v) is 5.99. The van der Waals surface area contributed by atoms with Gasteiger partial charge in [0.15, 0.2) is 5.69 Å². The van der Waals surface area contributed by atoms with Crippen molar-refractivity contribution in [3.05, 3.63) is 84.1 Å². The number of hydrogen-bond donors (Lipinski definition) is 1. The van der Waals surface area contributed by atoms with E-state index in [0.717, 1.165) is 12.1 Å². The Hall–Kier alpha value is -2.87. The molecular formula is C21H19N2+. The number of rotatable bonds is 2. The van der Waals surface area contributed by atoms with E-state index in [0.29, 0.717) is 0 Å². The highest BCUT2D eigenvalue weighted by Crippen LogP contribution is 2.26. The maximum atomic E-state index is 5.81. The van der Waals surface area contributed by atoms with E-state index in [1.807, 2.05) is 12.1 Å². The van der Waals surface area contributed by atoms with Crippen LogP contribution in [0.15, 0.2) is 72.8 Å². The molecular weight excluding hydrogens is 280 g/mol. The lowest BCUT2D eigenvalue weighted by Gasteiger charge is -2.09. The molecule has 2 nitrogen and oxygen atoms in total. The number of aryl methyl sites for hydroxylation is 1. The molecule has 0 aliphatic rings. The third-order valence-electron chi connectivity index (χ3n) is 4.55. The first-order valence-electron chi connectivity index (χ1n) is 7.87. The molecule has 0 amide bonds. The molecule has 112 valence electrons. The molecule has 0 saturated heterocycles. The highest BCUT2D eigenvalue weighted by atomic mass is 14.9. The Kier molecular flexibility index (Phi) is 3.23. The summed E-state index contributed by atoms with van der Waals surface area (Å²) in [6.07, 6.45) is 0.891. The van der Waals surface area contributed by atoms with Gasteiger partial charge in [0.05, 0.1) is 11.8 Å². The third kappa shape index (κ3) is 2.33. The van der Waals surface area contributed by atoms with Crippen LogP contribution in [0.4, 0.5) is 5.69 Å². The van der Waals surface area contributed by atoms with Gasteiger partial charge < -0.3 is 5.73 Å². The zero-order valence-corrected chi connectivity index (χ0v) is 13.2. The van der Waals surface area contributed by atoms with Crippen LogP contribution in [0, 0.1) is 0 Å². The molecule has 0 radical (unpaired) electrons. The summed E-state index contributed by atoms with van der Waals surface area (Å²) in [7, 11) is 2.15. The normalized spacial score (nSPS) is 11.2. The number of hydrogen-bond acceptors (Lipinski definition) is 1. The van der Waals surface area contributed by atoms with Gasteiger partial charge in [-0.1, -0.05) is 42.5 Å². The molecule has 2 heteroatoms. The molecule has 2 N–H and O–H groups in total. The number of anilines is 1. The summed E-state index contributed by atoms with van der Waals surface area (Å²) in [6.45, 7) is 0. The van der Waals surface area contributed by atoms with E-state index in [2.05, 4.69) is 72.3 Å². The van der Waals surface area contributed by atoms with Gasteiger partial charge in [-0.05, 0) is 29.8 Å². The first-order valence-corrected chi connectivity index (χ1v) is 7.87. The smallest absolute Gasteiger partial charge is 0.213 e. The molecule has 4 aromatic rings. The largest absolute Gasteiger partial charge is 0.399 e. The SMILES string of the molecule is C[n+]1c(Cc2ccc(N)cc2)c2ccccc2c2ccccc21. The third-order valence-corrected chi connectivity index (χ3v) is 4.55. The van der Waals surface area contributed by atoms with Gasteiger partial charge in [0.1, 0.15) is 7.05 Å². The van der Waals surface area contributed by atoms with E-state index in [1.165, 1.54) is 32.9 Å². The highest BCUT2D eigenvalue weighted by molar-refractivity contribution is 6.04. The second-order valence-electron chi connectivity index (χ2n) is 5.99. The molecule has 3 aromatic carbocycles. The summed E-state index contributed by atoms with van der Waals surface area (Å²) in [5, 5.41) is 3.92. The van der Waals surface area contributed by atoms with Crippen LogP contribution < -0.4 is 10.3 Å². The average Bonchev–Trinajstić information content (AvgIpc) is 2.60. The van der Waals surface area contributed by atoms with Crippen molar-refractivity contribution in [3.8, 4) is 0 Å². The van der Waals surface area contributed by atoms with Crippen LogP contribution in [0.3, 0.4) is 0 Å². The monoisotopic (exact) mass is 299 g/mol. The van der Waals surface area contributed by atoms with Crippen LogP contribution in [0.1, 0.15) is 11.3 Å². The van der Waals surface area contributed by atoms with Crippen molar-refractivity contribution in [1.82, 2.24) is 0 Å². The molecule has 1 heterocycles. The van der Waals surface area contributed by atoms with Crippen molar-refractivity contribution in [2.45, 2.75) is 6.42 Å². The maximum absolute atomic E-state index is 5.81. The van der Waals surface area contributed by atoms with E-state index in [9.17, 15) is 0 Å². The number of nitrogens with zero attached hydrogens (tertiary/aromatic N) is 1. The Morgan fingerprint density at radius 3 is 2.09 bits per heavy atom. The summed E-state index contributed by atoms with van der Waals surface area (Å²) in [5.74, 6) is 0. The van der Waals surface area contributed by atoms with E-state index in [4.69, 9.17) is 5.73 Å². The molecule has 0 bridgehead atoms. The summed E-state index contributed by atoms with van der Waals surface area (Å²) >= 11 is 0. The Morgan fingerprint density at radius 2 is 1.35 bits per heavy atom. The lowest BCUT2D eigenvalue weighted by Crippen LogP contribution is -2.35. The number of nitrogen functional groups attached to an aromatic ring is 1. The fourth-order valence-corrected chi connectivity index (χ4v) is 3.33. The van der Waals surface area contributed by atoms with Crippen molar-refractivity contribution in [3.63, 3.8) is 0 Å². The molecule has 0 atom stereocenters. The zero-order valence-electron chi connectivity index (χ0n) is 13.2. The molecule has 4 rings (SSSR count). The molecule has 0 fully saturated rings. The lowest BCUT2D eigenvalue weighted by atomic mass is 9.99. The molecule has 23 heavy (non-hydrogen) atoms. The standard InChI is InChI=1S/C21H19N2/c1-23-20-9-5-4-7-18(20)17-6-2-3-8-19(17)21(23)14-15-10-12-16(22)13-11-15/h2-13H,14,22H2,1H3/q+1. The van der Waals surface area contributed by atoms with E-state index < -0.39 is 0 Å². The quantitative estimate of drug-likeness (QED) is 0.338. The average molecular weight is 299 g/mol. The Morgan fingerprint density at radius 1 is 0.739 bits per heavy atom. The van der Waals surface area contributed by atoms with E-state index in [-0.39, 0.29) is 0 Å². The summed E-state index contributed by atoms with van der Waals surface area (Å²) in [5.41, 5.74) is 10.5. The highest BCUT2D eigenvalue weighted by Gasteiger charge is 2.18. The molecule has 0 saturated carbocycles. The van der Waals surface area contributed by atoms with E-state index in [1.54, 1.807) is 0 Å². The minimum Gasteiger partial charge on any atom is -0.399 e. The maximum Gasteiger partial charge on any atom is 0.213 e. The van der Waals surface area contributed by atoms with Crippen LogP contribution in [0.2, 0.25) is 0 Å². The van der Waals surface area contributed by atoms with Crippen molar-refractivity contribution in [1.29, 1.82) is 0 Å². The summed E-state index contributed by atoms with van der Waals surface area (Å²) in [6, 6.07) is 25.4. The van der Waals surface area contributed by atoms with Gasteiger partial charge in [-0.15, -0.1) is 0 Å². The van der Waals surface area contributed by atoms with Gasteiger partial charge in [0.2, 0.25) is 5.52 Å². The summed E-state index contributed by atoms with van der Waals surface area (Å²) < 4.78 is 2.31. The van der Waals surface area contributed by atoms with Crippen LogP contribution in [0.25, 0.3) is 21.7 Å². The number of nitrogens with two attached hydrogens (primary N) is 1. The van der Waals surface area contributed by atoms with Gasteiger partial charge in [0, 0.05) is 22.5 Å². The fraction of sp³-hybridized carbons (Fsp3) is 0.0952. The molecule has 0 spiro atoms. The lowest BCUT2D eigenvalue weighted by molar-refractivity contribution is -0.651. The number of fused-ring (bicyclic) bond motifs is 3. The predicted molar refractivity (Wildman–Crippen MR) is 96.3 cm³/mol. The predicted octanol–water partition coefficient (Wildman–Crippen LogP) is 3.99. The van der Waals surface area contributed by atoms with Crippen LogP contribution in [0.5, 0.6) is 0 Å². The minimum atomic E-state index is 0.807. The van der Waals surface area contributed by atoms with Gasteiger partial charge in [-0.2, -0.15) is 4.57 Å². The first-order chi connectivity index (χ1) is 11.2. The van der Waals surface area contributed by atoms with Crippen molar-refractivity contribution < 1.29 is 4.57 Å². The van der Waals surface area contributed by atoms with Crippen LogP contribution in [-0.4, -0.2) is 0 Å². The Labute approximate surface area is 135 Å². The van der Waals surface area contributed by atoms with Crippen molar-refractivity contribution >= 4 is 27.4 Å². The van der Waals surface area contributed by atoms with Crippen molar-refractivity contribution in [2.75, 3.05) is 5.73 Å². The fourth-order valence-electron chi connectivity index (χ4n) is 3.33. The molecule has 0 aliphatic carbocycles. The topological polar surface area (TPSA) is 29.9 Å². The minimum absolute atomic E-state index is 0.807. The summed E-state index contributed by atoms with van der Waals surface area (Å²) in [4.78, 5) is 0. The van der Waals surface area contributed by atoms with E-state index >= 15 is 0 Å². The van der Waals surface area contributed by atoms with Gasteiger partial charge in [0.25, 0.3) is 0 Å². The number of benzene rings is 3. The molecule has 1 aromatic heterocycles. The van der Waals surface area contributed by atoms with Crippen LogP contribution >= 0.6 is 0 Å². The second kappa shape index (κ2) is 5.40. The van der Waals surface area contributed by atoms with Crippen molar-refractivity contribution in [2.24, 2.45) is 7.05 Å². The zero-order chi connectivity index (χ0) is 15.8. The van der Waals surface area contributed by atoms with Crippen LogP contribution in [-0.2, 0) is 13.5 Å². The number of aromatic nitrogens is 1. The number of pyridine rings is 1. The first kappa shape index (κ1) is 13.8. The molecule has 0 unspecified atom stereocenters. The van der Waals surface area contributed by atoms with Gasteiger partial charge >= 0.3 is 0 Å².